The largest absolute Gasteiger partial charge is 0.474 e. The number of halogens is 1. The topological polar surface area (TPSA) is 47.0 Å². The molecule has 1 aromatic heterocycles. The molecule has 0 fully saturated rings. The Kier molecular flexibility index (Phi) is 6.19. The summed E-state index contributed by atoms with van der Waals surface area (Å²) in [7, 11) is 0. The van der Waals surface area contributed by atoms with E-state index in [1.54, 1.807) is 12.4 Å². The molecule has 5 heteroatoms. The summed E-state index contributed by atoms with van der Waals surface area (Å²) in [6.07, 6.45) is 4.39. The Morgan fingerprint density at radius 2 is 2.00 bits per heavy atom. The van der Waals surface area contributed by atoms with Gasteiger partial charge in [0.05, 0.1) is 18.5 Å². The van der Waals surface area contributed by atoms with Crippen LogP contribution in [-0.4, -0.2) is 28.0 Å². The molecule has 0 saturated carbocycles. The molecule has 0 aliphatic heterocycles. The number of rotatable bonds is 7. The van der Waals surface area contributed by atoms with E-state index >= 15 is 0 Å². The molecule has 0 amide bonds. The molecule has 0 aromatic carbocycles. The Labute approximate surface area is 114 Å². The van der Waals surface area contributed by atoms with Gasteiger partial charge in [-0.3, -0.25) is 4.98 Å². The molecular formula is C13H22ClN3O. The molecule has 1 unspecified atom stereocenters. The van der Waals surface area contributed by atoms with Crippen LogP contribution in [0.3, 0.4) is 0 Å². The number of anilines is 1. The first-order valence-corrected chi connectivity index (χ1v) is 6.86. The van der Waals surface area contributed by atoms with Gasteiger partial charge in [-0.25, -0.2) is 0 Å². The maximum atomic E-state index is 5.94. The van der Waals surface area contributed by atoms with Crippen LogP contribution in [0, 0.1) is 5.92 Å². The predicted molar refractivity (Wildman–Crippen MR) is 75.4 cm³/mol. The number of hydrogen-bond donors (Lipinski definition) is 1. The average Bonchev–Trinajstić information content (AvgIpc) is 2.27. The Morgan fingerprint density at radius 3 is 2.56 bits per heavy atom. The molecule has 1 N–H and O–H groups in total. The number of nitrogens with one attached hydrogen (secondary N) is 1. The van der Waals surface area contributed by atoms with Crippen LogP contribution < -0.4 is 10.1 Å². The van der Waals surface area contributed by atoms with Crippen molar-refractivity contribution in [2.45, 2.75) is 46.3 Å². The zero-order valence-corrected chi connectivity index (χ0v) is 12.2. The van der Waals surface area contributed by atoms with Gasteiger partial charge in [0.1, 0.15) is 5.82 Å². The molecule has 1 rings (SSSR count). The number of hydrogen-bond acceptors (Lipinski definition) is 4. The highest BCUT2D eigenvalue weighted by Gasteiger charge is 2.11. The third-order valence-corrected chi connectivity index (χ3v) is 2.64. The molecule has 0 bridgehead atoms. The molecule has 4 nitrogen and oxygen atoms in total. The second-order valence-corrected chi connectivity index (χ2v) is 5.34. The number of alkyl halides is 1. The molecule has 1 atom stereocenters. The van der Waals surface area contributed by atoms with Crippen molar-refractivity contribution < 1.29 is 4.74 Å². The van der Waals surface area contributed by atoms with Crippen LogP contribution in [0.1, 0.15) is 34.1 Å². The van der Waals surface area contributed by atoms with E-state index in [-0.39, 0.29) is 12.1 Å². The van der Waals surface area contributed by atoms with E-state index < -0.39 is 0 Å². The number of ether oxygens (including phenoxy) is 1. The summed E-state index contributed by atoms with van der Waals surface area (Å²) in [5.41, 5.74) is 0. The third kappa shape index (κ3) is 5.54. The second kappa shape index (κ2) is 7.41. The summed E-state index contributed by atoms with van der Waals surface area (Å²) in [4.78, 5) is 8.46. The van der Waals surface area contributed by atoms with Crippen LogP contribution >= 0.6 is 11.6 Å². The minimum atomic E-state index is 0.0917. The normalized spacial score (nSPS) is 12.8. The Hall–Kier alpha value is -1.03. The van der Waals surface area contributed by atoms with Gasteiger partial charge < -0.3 is 10.1 Å². The van der Waals surface area contributed by atoms with Crippen molar-refractivity contribution in [2.24, 2.45) is 5.92 Å². The van der Waals surface area contributed by atoms with E-state index in [1.807, 2.05) is 13.8 Å². The summed E-state index contributed by atoms with van der Waals surface area (Å²) in [5, 5.41) is 3.29. The van der Waals surface area contributed by atoms with Gasteiger partial charge in [-0.15, -0.1) is 11.6 Å². The maximum Gasteiger partial charge on any atom is 0.234 e. The van der Waals surface area contributed by atoms with Crippen LogP contribution in [0.5, 0.6) is 5.88 Å². The summed E-state index contributed by atoms with van der Waals surface area (Å²) < 4.78 is 5.50. The van der Waals surface area contributed by atoms with Crippen LogP contribution in [0.4, 0.5) is 5.82 Å². The van der Waals surface area contributed by atoms with E-state index in [4.69, 9.17) is 16.3 Å². The molecule has 0 aliphatic rings. The van der Waals surface area contributed by atoms with E-state index in [9.17, 15) is 0 Å². The van der Waals surface area contributed by atoms with Gasteiger partial charge in [0.15, 0.2) is 0 Å². The molecule has 1 heterocycles. The van der Waals surface area contributed by atoms with Crippen LogP contribution in [0.25, 0.3) is 0 Å². The summed E-state index contributed by atoms with van der Waals surface area (Å²) in [6.45, 7) is 8.26. The van der Waals surface area contributed by atoms with E-state index in [2.05, 4.69) is 29.1 Å². The van der Waals surface area contributed by atoms with Gasteiger partial charge in [0.2, 0.25) is 5.88 Å². The van der Waals surface area contributed by atoms with Crippen LogP contribution in [-0.2, 0) is 0 Å². The van der Waals surface area contributed by atoms with Crippen molar-refractivity contribution in [3.63, 3.8) is 0 Å². The van der Waals surface area contributed by atoms with Gasteiger partial charge in [-0.05, 0) is 26.2 Å². The lowest BCUT2D eigenvalue weighted by Gasteiger charge is -2.18. The van der Waals surface area contributed by atoms with Gasteiger partial charge in [0, 0.05) is 11.9 Å². The van der Waals surface area contributed by atoms with Gasteiger partial charge in [-0.1, -0.05) is 13.8 Å². The number of aromatic nitrogens is 2. The van der Waals surface area contributed by atoms with Crippen molar-refractivity contribution >= 4 is 17.4 Å². The zero-order chi connectivity index (χ0) is 13.5. The molecule has 0 aliphatic carbocycles. The fourth-order valence-corrected chi connectivity index (χ4v) is 1.86. The van der Waals surface area contributed by atoms with Crippen molar-refractivity contribution in [3.8, 4) is 5.88 Å². The van der Waals surface area contributed by atoms with Crippen molar-refractivity contribution in [1.82, 2.24) is 9.97 Å². The zero-order valence-electron chi connectivity index (χ0n) is 11.5. The molecule has 0 saturated heterocycles. The lowest BCUT2D eigenvalue weighted by atomic mass is 10.1. The van der Waals surface area contributed by atoms with Crippen molar-refractivity contribution in [2.75, 3.05) is 11.2 Å². The van der Waals surface area contributed by atoms with Crippen LogP contribution in [0.2, 0.25) is 0 Å². The lowest BCUT2D eigenvalue weighted by molar-refractivity contribution is 0.232. The van der Waals surface area contributed by atoms with E-state index in [0.29, 0.717) is 23.5 Å². The average molecular weight is 272 g/mol. The van der Waals surface area contributed by atoms with E-state index in [1.165, 1.54) is 0 Å². The SMILES string of the molecule is CC(C)CC(CCl)Nc1cncc(OC(C)C)n1. The first-order chi connectivity index (χ1) is 8.51. The summed E-state index contributed by atoms with van der Waals surface area (Å²) in [5.74, 6) is 2.38. The highest BCUT2D eigenvalue weighted by molar-refractivity contribution is 6.18. The minimum absolute atomic E-state index is 0.0917. The lowest BCUT2D eigenvalue weighted by Crippen LogP contribution is -2.24. The molecule has 102 valence electrons. The molecule has 0 spiro atoms. The van der Waals surface area contributed by atoms with Crippen molar-refractivity contribution in [1.29, 1.82) is 0 Å². The first kappa shape index (κ1) is 15.0. The van der Waals surface area contributed by atoms with Gasteiger partial charge in [0.25, 0.3) is 0 Å². The second-order valence-electron chi connectivity index (χ2n) is 5.03. The monoisotopic (exact) mass is 271 g/mol. The standard InChI is InChI=1S/C13H22ClN3O/c1-9(2)5-11(6-14)16-12-7-15-8-13(17-12)18-10(3)4/h7-11H,5-6H2,1-4H3,(H,16,17). The van der Waals surface area contributed by atoms with Crippen LogP contribution in [0.15, 0.2) is 12.4 Å². The Morgan fingerprint density at radius 1 is 1.28 bits per heavy atom. The third-order valence-electron chi connectivity index (χ3n) is 2.26. The molecule has 18 heavy (non-hydrogen) atoms. The highest BCUT2D eigenvalue weighted by Crippen LogP contribution is 2.15. The quantitative estimate of drug-likeness (QED) is 0.773. The molecule has 0 radical (unpaired) electrons. The highest BCUT2D eigenvalue weighted by atomic mass is 35.5. The summed E-state index contributed by atoms with van der Waals surface area (Å²) in [6, 6.07) is 0.204. The fourth-order valence-electron chi connectivity index (χ4n) is 1.65. The first-order valence-electron chi connectivity index (χ1n) is 6.32. The van der Waals surface area contributed by atoms with E-state index in [0.717, 1.165) is 6.42 Å². The predicted octanol–water partition coefficient (Wildman–Crippen LogP) is 3.33. The number of nitrogens with zero attached hydrogens (tertiary/aromatic N) is 2. The minimum Gasteiger partial charge on any atom is -0.474 e. The maximum absolute atomic E-state index is 5.94. The smallest absolute Gasteiger partial charge is 0.234 e. The molecule has 1 aromatic rings. The van der Waals surface area contributed by atoms with Gasteiger partial charge in [-0.2, -0.15) is 4.98 Å². The Balaban J connectivity index is 2.65. The fraction of sp³-hybridized carbons (Fsp3) is 0.692. The summed E-state index contributed by atoms with van der Waals surface area (Å²) >= 11 is 5.94. The Bertz CT molecular complexity index is 358. The van der Waals surface area contributed by atoms with Crippen molar-refractivity contribution in [3.05, 3.63) is 12.4 Å². The molecular weight excluding hydrogens is 250 g/mol. The van der Waals surface area contributed by atoms with Gasteiger partial charge >= 0.3 is 0 Å².